The minimum atomic E-state index is 0. The molecule has 0 heterocycles. The van der Waals surface area contributed by atoms with Crippen LogP contribution in [0, 0.1) is 41.5 Å². The molecule has 1 radical (unpaired) electrons. The van der Waals surface area contributed by atoms with Crippen molar-refractivity contribution in [3.05, 3.63) is 57.6 Å². The van der Waals surface area contributed by atoms with Crippen LogP contribution in [-0.2, 0) is 26.2 Å². The fourth-order valence-electron chi connectivity index (χ4n) is 1.62. The second kappa shape index (κ2) is 11.5. The van der Waals surface area contributed by atoms with Crippen LogP contribution >= 0.6 is 0 Å². The van der Waals surface area contributed by atoms with Gasteiger partial charge in [0.15, 0.2) is 0 Å². The van der Waals surface area contributed by atoms with Gasteiger partial charge in [-0.3, -0.25) is 0 Å². The zero-order chi connectivity index (χ0) is 15.0. The van der Waals surface area contributed by atoms with Gasteiger partial charge >= 0.3 is 26.2 Å². The van der Waals surface area contributed by atoms with Crippen LogP contribution < -0.4 is 0 Å². The van der Waals surface area contributed by atoms with Crippen LogP contribution in [0.4, 0.5) is 0 Å². The molecule has 0 nitrogen and oxygen atoms in total. The summed E-state index contributed by atoms with van der Waals surface area (Å²) >= 11 is 0. The Morgan fingerprint density at radius 1 is 0.750 bits per heavy atom. The number of hydrogen-bond donors (Lipinski definition) is 0. The molecule has 0 aliphatic heterocycles. The van der Waals surface area contributed by atoms with E-state index < -0.39 is 0 Å². The summed E-state index contributed by atoms with van der Waals surface area (Å²) in [6.07, 6.45) is 0. The molecule has 0 saturated carbocycles. The molecule has 0 aromatic heterocycles. The molecule has 0 bridgehead atoms. The van der Waals surface area contributed by atoms with E-state index in [4.69, 9.17) is 0 Å². The van der Waals surface area contributed by atoms with Crippen molar-refractivity contribution in [3.8, 4) is 0 Å². The van der Waals surface area contributed by atoms with Crippen LogP contribution in [0.15, 0.2) is 24.3 Å². The van der Waals surface area contributed by atoms with E-state index in [1.807, 2.05) is 0 Å². The van der Waals surface area contributed by atoms with Crippen LogP contribution in [0.5, 0.6) is 0 Å². The first-order chi connectivity index (χ1) is 8.84. The Morgan fingerprint density at radius 3 is 1.05 bits per heavy atom. The largest absolute Gasteiger partial charge is 2.00 e. The molecule has 0 atom stereocenters. The van der Waals surface area contributed by atoms with Gasteiger partial charge in [0.2, 0.25) is 0 Å². The Kier molecular flexibility index (Phi) is 12.7. The summed E-state index contributed by atoms with van der Waals surface area (Å²) in [7, 11) is 0.750. The molecule has 2 aromatic carbocycles. The van der Waals surface area contributed by atoms with Crippen LogP contribution in [0.3, 0.4) is 0 Å². The monoisotopic (exact) mass is 363 g/mol. The maximum absolute atomic E-state index is 2.21. The van der Waals surface area contributed by atoms with E-state index in [2.05, 4.69) is 78.9 Å². The summed E-state index contributed by atoms with van der Waals surface area (Å²) in [5.41, 5.74) is 8.49. The number of rotatable bonds is 0. The van der Waals surface area contributed by atoms with Gasteiger partial charge in [-0.2, -0.15) is 45.5 Å². The molecular weight excluding hydrogens is 336 g/mol. The number of aryl methyl sites for hydroxylation is 4. The molecule has 0 amide bonds. The third-order valence-corrected chi connectivity index (χ3v) is 3.53. The topological polar surface area (TPSA) is 0 Å². The van der Waals surface area contributed by atoms with Crippen molar-refractivity contribution >= 4 is 9.52 Å². The van der Waals surface area contributed by atoms with Crippen LogP contribution in [0.2, 0.25) is 13.1 Å². The summed E-state index contributed by atoms with van der Waals surface area (Å²) < 4.78 is 0. The summed E-state index contributed by atoms with van der Waals surface area (Å²) in [4.78, 5) is 0. The first-order valence-corrected chi connectivity index (χ1v) is 9.29. The van der Waals surface area contributed by atoms with Crippen molar-refractivity contribution in [1.82, 2.24) is 0 Å². The molecule has 0 N–H and O–H groups in total. The van der Waals surface area contributed by atoms with Crippen LogP contribution in [0.1, 0.15) is 33.4 Å². The van der Waals surface area contributed by atoms with Gasteiger partial charge in [0, 0.05) is 9.52 Å². The molecule has 0 aliphatic rings. The minimum absolute atomic E-state index is 0. The van der Waals surface area contributed by atoms with E-state index in [0.29, 0.717) is 0 Å². The van der Waals surface area contributed by atoms with E-state index in [0.717, 1.165) is 9.52 Å². The normalized spacial score (nSPS) is 8.80. The van der Waals surface area contributed by atoms with E-state index in [-0.39, 0.29) is 26.2 Å². The standard InChI is InChI=1S/2C8H11.C2H7Si.Zr/c2*1-6-4-5-7(2)8(6)3;1-3-2;/h2*4-5H,1-3H3;3H,1-2H3;/q2*-1;;+2. The van der Waals surface area contributed by atoms with Gasteiger partial charge in [0.25, 0.3) is 0 Å². The fourth-order valence-corrected chi connectivity index (χ4v) is 1.62. The zero-order valence-electron chi connectivity index (χ0n) is 14.4. The molecule has 20 heavy (non-hydrogen) atoms. The molecule has 2 rings (SSSR count). The smallest absolute Gasteiger partial charge is 0.210 e. The molecule has 109 valence electrons. The van der Waals surface area contributed by atoms with Crippen LogP contribution in [-0.4, -0.2) is 9.52 Å². The van der Waals surface area contributed by atoms with Gasteiger partial charge in [-0.25, -0.2) is 12.1 Å². The van der Waals surface area contributed by atoms with Crippen molar-refractivity contribution in [3.63, 3.8) is 0 Å². The third kappa shape index (κ3) is 7.55. The van der Waals surface area contributed by atoms with E-state index in [1.165, 1.54) is 33.4 Å². The van der Waals surface area contributed by atoms with E-state index in [1.54, 1.807) is 0 Å². The molecule has 0 aliphatic carbocycles. The SMILES string of the molecule is C[SiH]C.Cc1cc[c-](C)c1C.Cc1cc[c-](C)c1C.[Zr+2]. The van der Waals surface area contributed by atoms with Gasteiger partial charge in [-0.05, 0) is 0 Å². The molecule has 0 saturated heterocycles. The van der Waals surface area contributed by atoms with Crippen molar-refractivity contribution in [1.29, 1.82) is 0 Å². The Bertz CT molecular complexity index is 394. The minimum Gasteiger partial charge on any atom is -0.210 e. The predicted molar refractivity (Wildman–Crippen MR) is 91.4 cm³/mol. The zero-order valence-corrected chi connectivity index (χ0v) is 18.0. The Morgan fingerprint density at radius 2 is 1.00 bits per heavy atom. The average Bonchev–Trinajstić information content (AvgIpc) is 2.82. The van der Waals surface area contributed by atoms with Gasteiger partial charge in [-0.1, -0.05) is 54.6 Å². The van der Waals surface area contributed by atoms with E-state index in [9.17, 15) is 0 Å². The van der Waals surface area contributed by atoms with Crippen molar-refractivity contribution in [2.75, 3.05) is 0 Å². The van der Waals surface area contributed by atoms with Gasteiger partial charge in [0.05, 0.1) is 0 Å². The molecule has 2 aromatic rings. The van der Waals surface area contributed by atoms with E-state index >= 15 is 0 Å². The second-order valence-electron chi connectivity index (χ2n) is 5.23. The van der Waals surface area contributed by atoms with Crippen molar-refractivity contribution < 1.29 is 26.2 Å². The summed E-state index contributed by atoms with van der Waals surface area (Å²) in [6, 6.07) is 8.63. The Balaban J connectivity index is 0. The molecule has 0 unspecified atom stereocenters. The predicted octanol–water partition coefficient (Wildman–Crippen LogP) is 5.18. The Labute approximate surface area is 147 Å². The molecule has 2 heteroatoms. The fraction of sp³-hybridized carbons (Fsp3) is 0.444. The molecule has 0 spiro atoms. The third-order valence-electron chi connectivity index (χ3n) is 3.53. The van der Waals surface area contributed by atoms with Gasteiger partial charge < -0.3 is 0 Å². The van der Waals surface area contributed by atoms with Gasteiger partial charge in [-0.15, -0.1) is 0 Å². The van der Waals surface area contributed by atoms with Crippen molar-refractivity contribution in [2.24, 2.45) is 0 Å². The molecular formula is C18H29SiZr. The summed E-state index contributed by atoms with van der Waals surface area (Å²) in [5, 5.41) is 0. The first-order valence-electron chi connectivity index (χ1n) is 6.98. The molecule has 0 fully saturated rings. The average molecular weight is 365 g/mol. The first kappa shape index (κ1) is 22.1. The van der Waals surface area contributed by atoms with Crippen molar-refractivity contribution in [2.45, 2.75) is 54.6 Å². The second-order valence-corrected chi connectivity index (χ2v) is 6.38. The maximum Gasteiger partial charge on any atom is 2.00 e. The summed E-state index contributed by atoms with van der Waals surface area (Å²) in [6.45, 7) is 17.3. The summed E-state index contributed by atoms with van der Waals surface area (Å²) in [5.74, 6) is 0. The number of hydrogen-bond acceptors (Lipinski definition) is 0. The van der Waals surface area contributed by atoms with Gasteiger partial charge in [0.1, 0.15) is 0 Å². The maximum atomic E-state index is 2.21. The quantitative estimate of drug-likeness (QED) is 0.446. The Hall–Kier alpha value is -0.200. The van der Waals surface area contributed by atoms with Crippen LogP contribution in [0.25, 0.3) is 0 Å².